The van der Waals surface area contributed by atoms with Crippen molar-refractivity contribution in [3.63, 3.8) is 0 Å². The molecule has 160 valence electrons. The molecule has 2 aliphatic heterocycles. The highest BCUT2D eigenvalue weighted by atomic mass is 16.5. The summed E-state index contributed by atoms with van der Waals surface area (Å²) >= 11 is 0. The standard InChI is InChI=1S/C24H31N3O3/c1-15-5-7-20(27-13-18-11-25-12-19(18)14-27)10-21(15)24(28)26-16(2)17-6-8-22(29-3)23(9-17)30-4/h5-10,16,18-19,25H,11-14H2,1-4H3,(H,26,28). The molecule has 2 fully saturated rings. The first-order chi connectivity index (χ1) is 14.5. The largest absolute Gasteiger partial charge is 0.493 e. The fraction of sp³-hybridized carbons (Fsp3) is 0.458. The maximum absolute atomic E-state index is 13.1. The first-order valence-electron chi connectivity index (χ1n) is 10.6. The highest BCUT2D eigenvalue weighted by Crippen LogP contribution is 2.32. The molecule has 2 saturated heterocycles. The second kappa shape index (κ2) is 8.56. The van der Waals surface area contributed by atoms with E-state index >= 15 is 0 Å². The summed E-state index contributed by atoms with van der Waals surface area (Å²) in [6.45, 7) is 8.29. The maximum Gasteiger partial charge on any atom is 0.252 e. The van der Waals surface area contributed by atoms with Crippen LogP contribution >= 0.6 is 0 Å². The molecule has 1 amide bonds. The lowest BCUT2D eigenvalue weighted by molar-refractivity contribution is 0.0939. The smallest absolute Gasteiger partial charge is 0.252 e. The maximum atomic E-state index is 13.1. The Morgan fingerprint density at radius 3 is 2.43 bits per heavy atom. The van der Waals surface area contributed by atoms with Crippen LogP contribution in [-0.4, -0.2) is 46.3 Å². The molecule has 0 bridgehead atoms. The van der Waals surface area contributed by atoms with E-state index in [0.29, 0.717) is 23.3 Å². The molecule has 3 unspecified atom stereocenters. The molecule has 3 atom stereocenters. The number of aryl methyl sites for hydroxylation is 1. The fourth-order valence-corrected chi connectivity index (χ4v) is 4.60. The molecule has 6 nitrogen and oxygen atoms in total. The topological polar surface area (TPSA) is 62.8 Å². The summed E-state index contributed by atoms with van der Waals surface area (Å²) in [5.41, 5.74) is 3.82. The van der Waals surface area contributed by atoms with Crippen LogP contribution in [0.4, 0.5) is 5.69 Å². The van der Waals surface area contributed by atoms with Gasteiger partial charge in [0, 0.05) is 37.4 Å². The summed E-state index contributed by atoms with van der Waals surface area (Å²) in [6, 6.07) is 11.8. The minimum Gasteiger partial charge on any atom is -0.493 e. The van der Waals surface area contributed by atoms with Gasteiger partial charge < -0.3 is 25.0 Å². The Morgan fingerprint density at radius 1 is 1.07 bits per heavy atom. The third-order valence-electron chi connectivity index (χ3n) is 6.48. The van der Waals surface area contributed by atoms with Gasteiger partial charge in [-0.15, -0.1) is 0 Å². The van der Waals surface area contributed by atoms with Crippen molar-refractivity contribution >= 4 is 11.6 Å². The molecule has 2 heterocycles. The van der Waals surface area contributed by atoms with Gasteiger partial charge in [-0.25, -0.2) is 0 Å². The van der Waals surface area contributed by atoms with E-state index in [4.69, 9.17) is 9.47 Å². The SMILES string of the molecule is COc1ccc(C(C)NC(=O)c2cc(N3CC4CNCC4C3)ccc2C)cc1OC. The predicted molar refractivity (Wildman–Crippen MR) is 119 cm³/mol. The summed E-state index contributed by atoms with van der Waals surface area (Å²) in [5.74, 6) is 2.71. The molecule has 2 aromatic carbocycles. The fourth-order valence-electron chi connectivity index (χ4n) is 4.60. The van der Waals surface area contributed by atoms with Gasteiger partial charge in [-0.05, 0) is 61.1 Å². The minimum atomic E-state index is -0.155. The van der Waals surface area contributed by atoms with Crippen LogP contribution in [0.3, 0.4) is 0 Å². The predicted octanol–water partition coefficient (Wildman–Crippen LogP) is 3.16. The van der Waals surface area contributed by atoms with Crippen molar-refractivity contribution in [3.8, 4) is 11.5 Å². The van der Waals surface area contributed by atoms with Crippen molar-refractivity contribution < 1.29 is 14.3 Å². The molecule has 0 aromatic heterocycles. The number of nitrogens with zero attached hydrogens (tertiary/aromatic N) is 1. The number of hydrogen-bond acceptors (Lipinski definition) is 5. The number of carbonyl (C=O) groups excluding carboxylic acids is 1. The van der Waals surface area contributed by atoms with Gasteiger partial charge in [0.1, 0.15) is 0 Å². The van der Waals surface area contributed by atoms with Gasteiger partial charge in [0.2, 0.25) is 0 Å². The van der Waals surface area contributed by atoms with Crippen LogP contribution in [0.15, 0.2) is 36.4 Å². The summed E-state index contributed by atoms with van der Waals surface area (Å²) in [7, 11) is 3.23. The first kappa shape index (κ1) is 20.5. The zero-order chi connectivity index (χ0) is 21.3. The summed E-state index contributed by atoms with van der Waals surface area (Å²) in [6.07, 6.45) is 0. The minimum absolute atomic E-state index is 0.0577. The number of rotatable bonds is 6. The van der Waals surface area contributed by atoms with Crippen LogP contribution in [0.2, 0.25) is 0 Å². The molecular formula is C24H31N3O3. The lowest BCUT2D eigenvalue weighted by atomic mass is 10.0. The number of benzene rings is 2. The van der Waals surface area contributed by atoms with Crippen LogP contribution in [0.25, 0.3) is 0 Å². The Hall–Kier alpha value is -2.73. The Bertz CT molecular complexity index is 918. The van der Waals surface area contributed by atoms with E-state index in [-0.39, 0.29) is 11.9 Å². The summed E-state index contributed by atoms with van der Waals surface area (Å²) < 4.78 is 10.7. The van der Waals surface area contributed by atoms with Gasteiger partial charge in [0.05, 0.1) is 20.3 Å². The average molecular weight is 410 g/mol. The van der Waals surface area contributed by atoms with Crippen LogP contribution < -0.4 is 25.0 Å². The molecular weight excluding hydrogens is 378 g/mol. The van der Waals surface area contributed by atoms with Gasteiger partial charge >= 0.3 is 0 Å². The molecule has 2 aromatic rings. The van der Waals surface area contributed by atoms with Crippen LogP contribution in [0, 0.1) is 18.8 Å². The van der Waals surface area contributed by atoms with E-state index in [0.717, 1.165) is 48.6 Å². The molecule has 0 radical (unpaired) electrons. The van der Waals surface area contributed by atoms with Gasteiger partial charge in [-0.1, -0.05) is 12.1 Å². The number of hydrogen-bond donors (Lipinski definition) is 2. The number of fused-ring (bicyclic) bond motifs is 1. The number of nitrogens with one attached hydrogen (secondary N) is 2. The Labute approximate surface area is 178 Å². The molecule has 0 aliphatic carbocycles. The van der Waals surface area contributed by atoms with E-state index in [2.05, 4.69) is 27.7 Å². The Kier molecular flexibility index (Phi) is 5.86. The lowest BCUT2D eigenvalue weighted by Gasteiger charge is -2.22. The monoisotopic (exact) mass is 409 g/mol. The Morgan fingerprint density at radius 2 is 1.77 bits per heavy atom. The third-order valence-corrected chi connectivity index (χ3v) is 6.48. The Balaban J connectivity index is 1.49. The van der Waals surface area contributed by atoms with Gasteiger partial charge in [0.25, 0.3) is 5.91 Å². The van der Waals surface area contributed by atoms with Crippen molar-refractivity contribution in [2.45, 2.75) is 19.9 Å². The summed E-state index contributed by atoms with van der Waals surface area (Å²) in [5, 5.41) is 6.62. The molecule has 2 aliphatic rings. The zero-order valence-corrected chi connectivity index (χ0v) is 18.2. The van der Waals surface area contributed by atoms with Crippen molar-refractivity contribution in [2.75, 3.05) is 45.3 Å². The van der Waals surface area contributed by atoms with Gasteiger partial charge in [-0.2, -0.15) is 0 Å². The van der Waals surface area contributed by atoms with Crippen LogP contribution in [0.5, 0.6) is 11.5 Å². The molecule has 2 N–H and O–H groups in total. The molecule has 6 heteroatoms. The van der Waals surface area contributed by atoms with Crippen molar-refractivity contribution in [2.24, 2.45) is 11.8 Å². The lowest BCUT2D eigenvalue weighted by Crippen LogP contribution is -2.28. The normalized spacial score (nSPS) is 21.3. The first-order valence-corrected chi connectivity index (χ1v) is 10.6. The van der Waals surface area contributed by atoms with E-state index in [1.54, 1.807) is 14.2 Å². The molecule has 0 saturated carbocycles. The van der Waals surface area contributed by atoms with Gasteiger partial charge in [-0.3, -0.25) is 4.79 Å². The van der Waals surface area contributed by atoms with E-state index in [9.17, 15) is 4.79 Å². The summed E-state index contributed by atoms with van der Waals surface area (Å²) in [4.78, 5) is 15.5. The van der Waals surface area contributed by atoms with Crippen molar-refractivity contribution in [1.29, 1.82) is 0 Å². The number of methoxy groups -OCH3 is 2. The molecule has 4 rings (SSSR count). The van der Waals surface area contributed by atoms with Crippen LogP contribution in [-0.2, 0) is 0 Å². The average Bonchev–Trinajstić information content (AvgIpc) is 3.35. The van der Waals surface area contributed by atoms with Crippen LogP contribution in [0.1, 0.15) is 34.5 Å². The number of ether oxygens (including phenoxy) is 2. The second-order valence-corrected chi connectivity index (χ2v) is 8.39. The van der Waals surface area contributed by atoms with E-state index < -0.39 is 0 Å². The van der Waals surface area contributed by atoms with E-state index in [1.807, 2.05) is 38.1 Å². The second-order valence-electron chi connectivity index (χ2n) is 8.39. The number of carbonyl (C=O) groups is 1. The molecule has 30 heavy (non-hydrogen) atoms. The highest BCUT2D eigenvalue weighted by molar-refractivity contribution is 5.96. The number of anilines is 1. The quantitative estimate of drug-likeness (QED) is 0.767. The number of amides is 1. The van der Waals surface area contributed by atoms with Gasteiger partial charge in [0.15, 0.2) is 11.5 Å². The third kappa shape index (κ3) is 3.97. The van der Waals surface area contributed by atoms with E-state index in [1.165, 1.54) is 0 Å². The van der Waals surface area contributed by atoms with Crippen molar-refractivity contribution in [3.05, 3.63) is 53.1 Å². The highest BCUT2D eigenvalue weighted by Gasteiger charge is 2.36. The van der Waals surface area contributed by atoms with Crippen molar-refractivity contribution in [1.82, 2.24) is 10.6 Å². The molecule has 0 spiro atoms. The zero-order valence-electron chi connectivity index (χ0n) is 18.2.